The topological polar surface area (TPSA) is 69.6 Å². The third-order valence-electron chi connectivity index (χ3n) is 4.01. The van der Waals surface area contributed by atoms with Crippen molar-refractivity contribution in [1.29, 1.82) is 0 Å². The molecule has 118 valence electrons. The molecule has 0 radical (unpaired) electrons. The molecule has 0 amide bonds. The number of benzene rings is 1. The van der Waals surface area contributed by atoms with Crippen LogP contribution in [0.2, 0.25) is 0 Å². The highest BCUT2D eigenvalue weighted by atomic mass is 32.2. The summed E-state index contributed by atoms with van der Waals surface area (Å²) in [7, 11) is -1.90. The largest absolute Gasteiger partial charge is 0.396 e. The molecule has 0 saturated heterocycles. The fourth-order valence-electron chi connectivity index (χ4n) is 2.79. The molecule has 2 atom stereocenters. The number of nitrogens with one attached hydrogen (secondary N) is 1. The summed E-state index contributed by atoms with van der Waals surface area (Å²) in [6, 6.07) is 9.46. The second-order valence-electron chi connectivity index (χ2n) is 5.78. The van der Waals surface area contributed by atoms with Gasteiger partial charge in [0.05, 0.1) is 0 Å². The number of nitrogens with zero attached hydrogens (tertiary/aromatic N) is 1. The monoisotopic (exact) mass is 312 g/mol. The van der Waals surface area contributed by atoms with Crippen LogP contribution in [0.4, 0.5) is 0 Å². The molecular formula is C15H24N2O3S. The van der Waals surface area contributed by atoms with Crippen LogP contribution in [-0.2, 0) is 16.8 Å². The summed E-state index contributed by atoms with van der Waals surface area (Å²) in [4.78, 5) is 0. The molecule has 0 aromatic heterocycles. The predicted molar refractivity (Wildman–Crippen MR) is 82.8 cm³/mol. The predicted octanol–water partition coefficient (Wildman–Crippen LogP) is 1.50. The van der Waals surface area contributed by atoms with Crippen LogP contribution in [0.3, 0.4) is 0 Å². The molecule has 1 saturated carbocycles. The number of hydrogen-bond acceptors (Lipinski definition) is 3. The van der Waals surface area contributed by atoms with E-state index in [9.17, 15) is 13.5 Å². The fourth-order valence-corrected chi connectivity index (χ4v) is 3.92. The van der Waals surface area contributed by atoms with Crippen LogP contribution >= 0.6 is 0 Å². The van der Waals surface area contributed by atoms with Crippen molar-refractivity contribution in [2.45, 2.75) is 38.3 Å². The zero-order chi connectivity index (χ0) is 15.3. The molecule has 0 spiro atoms. The van der Waals surface area contributed by atoms with Crippen LogP contribution in [-0.4, -0.2) is 37.5 Å². The Labute approximate surface area is 127 Å². The van der Waals surface area contributed by atoms with Crippen molar-refractivity contribution in [2.24, 2.45) is 5.92 Å². The molecule has 1 aromatic rings. The van der Waals surface area contributed by atoms with Gasteiger partial charge in [0.25, 0.3) is 10.2 Å². The first-order valence-corrected chi connectivity index (χ1v) is 8.83. The minimum atomic E-state index is -3.49. The highest BCUT2D eigenvalue weighted by molar-refractivity contribution is 7.87. The first-order valence-electron chi connectivity index (χ1n) is 7.39. The van der Waals surface area contributed by atoms with Gasteiger partial charge in [-0.05, 0) is 30.7 Å². The van der Waals surface area contributed by atoms with Gasteiger partial charge in [-0.3, -0.25) is 0 Å². The highest BCUT2D eigenvalue weighted by Gasteiger charge is 2.27. The lowest BCUT2D eigenvalue weighted by Crippen LogP contribution is -2.45. The van der Waals surface area contributed by atoms with Crippen molar-refractivity contribution in [3.63, 3.8) is 0 Å². The van der Waals surface area contributed by atoms with E-state index >= 15 is 0 Å². The minimum absolute atomic E-state index is 0.0703. The molecule has 0 aliphatic heterocycles. The van der Waals surface area contributed by atoms with E-state index in [2.05, 4.69) is 4.72 Å². The molecule has 0 unspecified atom stereocenters. The first-order chi connectivity index (χ1) is 10.0. The Morgan fingerprint density at radius 3 is 2.67 bits per heavy atom. The second-order valence-corrected chi connectivity index (χ2v) is 7.59. The van der Waals surface area contributed by atoms with E-state index in [-0.39, 0.29) is 18.6 Å². The summed E-state index contributed by atoms with van der Waals surface area (Å²) in [5, 5.41) is 9.22. The maximum atomic E-state index is 12.4. The van der Waals surface area contributed by atoms with Gasteiger partial charge in [-0.2, -0.15) is 17.4 Å². The maximum absolute atomic E-state index is 12.4. The summed E-state index contributed by atoms with van der Waals surface area (Å²) in [5.41, 5.74) is 0.960. The minimum Gasteiger partial charge on any atom is -0.396 e. The number of aliphatic hydroxyl groups excluding tert-OH is 1. The second kappa shape index (κ2) is 7.35. The first kappa shape index (κ1) is 16.4. The van der Waals surface area contributed by atoms with E-state index < -0.39 is 10.2 Å². The number of rotatable bonds is 6. The Bertz CT molecular complexity index is 533. The van der Waals surface area contributed by atoms with E-state index in [1.54, 1.807) is 7.05 Å². The molecule has 1 aromatic carbocycles. The molecule has 2 rings (SSSR count). The normalized spacial score (nSPS) is 23.4. The Morgan fingerprint density at radius 1 is 1.29 bits per heavy atom. The molecule has 21 heavy (non-hydrogen) atoms. The van der Waals surface area contributed by atoms with E-state index in [0.29, 0.717) is 6.54 Å². The highest BCUT2D eigenvalue weighted by Crippen LogP contribution is 2.24. The Morgan fingerprint density at radius 2 is 2.00 bits per heavy atom. The van der Waals surface area contributed by atoms with Crippen molar-refractivity contribution in [1.82, 2.24) is 9.03 Å². The van der Waals surface area contributed by atoms with Gasteiger partial charge in [0.1, 0.15) is 0 Å². The molecule has 1 fully saturated rings. The van der Waals surface area contributed by atoms with E-state index in [0.717, 1.165) is 31.2 Å². The molecular weight excluding hydrogens is 288 g/mol. The summed E-state index contributed by atoms with van der Waals surface area (Å²) >= 11 is 0. The van der Waals surface area contributed by atoms with E-state index in [1.165, 1.54) is 4.31 Å². The lowest BCUT2D eigenvalue weighted by atomic mass is 9.87. The van der Waals surface area contributed by atoms with Crippen molar-refractivity contribution >= 4 is 10.2 Å². The van der Waals surface area contributed by atoms with Crippen LogP contribution in [0.15, 0.2) is 30.3 Å². The van der Waals surface area contributed by atoms with Crippen molar-refractivity contribution < 1.29 is 13.5 Å². The van der Waals surface area contributed by atoms with Gasteiger partial charge in [0, 0.05) is 26.2 Å². The standard InChI is InChI=1S/C15H24N2O3S/c1-17(11-13-6-3-2-4-7-13)21(19,20)16-15-9-5-8-14(10-15)12-18/h2-4,6-7,14-16,18H,5,8-12H2,1H3/t14-,15+/m1/s1. The summed E-state index contributed by atoms with van der Waals surface area (Å²) in [6.45, 7) is 0.490. The molecule has 1 aliphatic carbocycles. The quantitative estimate of drug-likeness (QED) is 0.836. The SMILES string of the molecule is CN(Cc1ccccc1)S(=O)(=O)N[C@H]1CCC[C@@H](CO)C1. The lowest BCUT2D eigenvalue weighted by molar-refractivity contribution is 0.176. The zero-order valence-electron chi connectivity index (χ0n) is 12.4. The zero-order valence-corrected chi connectivity index (χ0v) is 13.2. The molecule has 5 nitrogen and oxygen atoms in total. The molecule has 0 bridgehead atoms. The van der Waals surface area contributed by atoms with Crippen molar-refractivity contribution in [3.05, 3.63) is 35.9 Å². The van der Waals surface area contributed by atoms with Crippen LogP contribution in [0.5, 0.6) is 0 Å². The van der Waals surface area contributed by atoms with Gasteiger partial charge in [-0.1, -0.05) is 36.8 Å². The van der Waals surface area contributed by atoms with Crippen molar-refractivity contribution in [2.75, 3.05) is 13.7 Å². The van der Waals surface area contributed by atoms with Crippen LogP contribution in [0.1, 0.15) is 31.2 Å². The summed E-state index contributed by atoms with van der Waals surface area (Å²) < 4.78 is 28.8. The molecule has 1 aliphatic rings. The summed E-state index contributed by atoms with van der Waals surface area (Å²) in [5.74, 6) is 0.214. The Hall–Kier alpha value is -0.950. The third kappa shape index (κ3) is 4.78. The van der Waals surface area contributed by atoms with Gasteiger partial charge < -0.3 is 5.11 Å². The number of hydrogen-bond donors (Lipinski definition) is 2. The molecule has 0 heterocycles. The lowest BCUT2D eigenvalue weighted by Gasteiger charge is -2.30. The average Bonchev–Trinajstić information content (AvgIpc) is 2.48. The van der Waals surface area contributed by atoms with Gasteiger partial charge in [-0.25, -0.2) is 0 Å². The molecule has 6 heteroatoms. The molecule has 2 N–H and O–H groups in total. The van der Waals surface area contributed by atoms with Gasteiger partial charge >= 0.3 is 0 Å². The third-order valence-corrected chi connectivity index (χ3v) is 5.60. The van der Waals surface area contributed by atoms with Crippen LogP contribution in [0, 0.1) is 5.92 Å². The fraction of sp³-hybridized carbons (Fsp3) is 0.600. The van der Waals surface area contributed by atoms with Gasteiger partial charge in [-0.15, -0.1) is 0 Å². The number of aliphatic hydroxyl groups is 1. The van der Waals surface area contributed by atoms with Gasteiger partial charge in [0.15, 0.2) is 0 Å². The van der Waals surface area contributed by atoms with Gasteiger partial charge in [0.2, 0.25) is 0 Å². The Balaban J connectivity index is 1.94. The maximum Gasteiger partial charge on any atom is 0.279 e. The van der Waals surface area contributed by atoms with Crippen LogP contribution in [0.25, 0.3) is 0 Å². The summed E-state index contributed by atoms with van der Waals surface area (Å²) in [6.07, 6.45) is 3.50. The van der Waals surface area contributed by atoms with Crippen molar-refractivity contribution in [3.8, 4) is 0 Å². The Kier molecular flexibility index (Phi) is 5.75. The smallest absolute Gasteiger partial charge is 0.279 e. The van der Waals surface area contributed by atoms with Crippen LogP contribution < -0.4 is 4.72 Å². The van der Waals surface area contributed by atoms with E-state index in [1.807, 2.05) is 30.3 Å². The van der Waals surface area contributed by atoms with E-state index in [4.69, 9.17) is 0 Å². The average molecular weight is 312 g/mol.